The van der Waals surface area contributed by atoms with Gasteiger partial charge in [-0.2, -0.15) is 0 Å². The molecular weight excluding hydrogens is 288 g/mol. The number of hydrogen-bond donors (Lipinski definition) is 1. The summed E-state index contributed by atoms with van der Waals surface area (Å²) in [6.45, 7) is 5.36. The number of carbonyl (C=O) groups excluding carboxylic acids is 1. The molecule has 1 amide bonds. The molecule has 1 aliphatic rings. The first-order valence-electron chi connectivity index (χ1n) is 7.36. The summed E-state index contributed by atoms with van der Waals surface area (Å²) in [6.07, 6.45) is 2.49. The van der Waals surface area contributed by atoms with Crippen LogP contribution < -0.4 is 0 Å². The topological polar surface area (TPSA) is 70.5 Å². The molecule has 6 heteroatoms. The number of carboxylic acids is 1. The summed E-state index contributed by atoms with van der Waals surface area (Å²) in [5.74, 6) is -0.257. The van der Waals surface area contributed by atoms with Gasteiger partial charge in [-0.3, -0.25) is 9.59 Å². The quantitative estimate of drug-likeness (QED) is 0.906. The van der Waals surface area contributed by atoms with Gasteiger partial charge in [0, 0.05) is 24.9 Å². The molecule has 0 radical (unpaired) electrons. The maximum Gasteiger partial charge on any atom is 0.303 e. The second-order valence-electron chi connectivity index (χ2n) is 5.85. The summed E-state index contributed by atoms with van der Waals surface area (Å²) in [4.78, 5) is 29.4. The van der Waals surface area contributed by atoms with E-state index in [4.69, 9.17) is 5.11 Å². The average molecular weight is 310 g/mol. The molecule has 0 bridgehead atoms. The normalized spacial score (nSPS) is 20.3. The van der Waals surface area contributed by atoms with Crippen molar-refractivity contribution in [2.24, 2.45) is 11.8 Å². The Labute approximate surface area is 129 Å². The fourth-order valence-electron chi connectivity index (χ4n) is 2.90. The predicted octanol–water partition coefficient (Wildman–Crippen LogP) is 2.34. The van der Waals surface area contributed by atoms with Crippen molar-refractivity contribution in [2.45, 2.75) is 39.5 Å². The van der Waals surface area contributed by atoms with E-state index in [2.05, 4.69) is 4.98 Å². The van der Waals surface area contributed by atoms with Gasteiger partial charge in [-0.1, -0.05) is 6.92 Å². The highest BCUT2D eigenvalue weighted by Gasteiger charge is 2.28. The monoisotopic (exact) mass is 310 g/mol. The van der Waals surface area contributed by atoms with Crippen LogP contribution in [-0.2, 0) is 16.0 Å². The van der Waals surface area contributed by atoms with Crippen LogP contribution in [0.3, 0.4) is 0 Å². The van der Waals surface area contributed by atoms with Gasteiger partial charge in [0.1, 0.15) is 0 Å². The lowest BCUT2D eigenvalue weighted by atomic mass is 9.84. The van der Waals surface area contributed by atoms with Gasteiger partial charge in [0.05, 0.1) is 17.1 Å². The first-order chi connectivity index (χ1) is 9.95. The number of aryl methyl sites for hydroxylation is 1. The predicted molar refractivity (Wildman–Crippen MR) is 81.3 cm³/mol. The van der Waals surface area contributed by atoms with Gasteiger partial charge in [0.25, 0.3) is 0 Å². The minimum absolute atomic E-state index is 0.104. The van der Waals surface area contributed by atoms with E-state index < -0.39 is 5.97 Å². The molecule has 0 aliphatic carbocycles. The molecule has 0 aromatic carbocycles. The number of carbonyl (C=O) groups is 2. The van der Waals surface area contributed by atoms with Crippen molar-refractivity contribution < 1.29 is 14.7 Å². The van der Waals surface area contributed by atoms with Crippen LogP contribution in [0.2, 0.25) is 0 Å². The van der Waals surface area contributed by atoms with Crippen LogP contribution in [-0.4, -0.2) is 40.0 Å². The van der Waals surface area contributed by atoms with Gasteiger partial charge >= 0.3 is 5.97 Å². The fraction of sp³-hybridized carbons (Fsp3) is 0.667. The van der Waals surface area contributed by atoms with E-state index in [-0.39, 0.29) is 24.2 Å². The van der Waals surface area contributed by atoms with Crippen molar-refractivity contribution in [1.29, 1.82) is 0 Å². The van der Waals surface area contributed by atoms with E-state index in [1.165, 1.54) is 0 Å². The molecule has 116 valence electrons. The summed E-state index contributed by atoms with van der Waals surface area (Å²) in [7, 11) is 0. The van der Waals surface area contributed by atoms with Crippen molar-refractivity contribution in [1.82, 2.24) is 9.88 Å². The number of nitrogens with zero attached hydrogens (tertiary/aromatic N) is 2. The third-order valence-corrected chi connectivity index (χ3v) is 4.93. The highest BCUT2D eigenvalue weighted by Crippen LogP contribution is 2.26. The van der Waals surface area contributed by atoms with E-state index >= 15 is 0 Å². The smallest absolute Gasteiger partial charge is 0.303 e. The van der Waals surface area contributed by atoms with E-state index in [0.717, 1.165) is 30.1 Å². The molecule has 2 unspecified atom stereocenters. The minimum Gasteiger partial charge on any atom is -0.481 e. The zero-order valence-electron chi connectivity index (χ0n) is 12.5. The van der Waals surface area contributed by atoms with Crippen LogP contribution in [0.1, 0.15) is 36.9 Å². The number of likely N-dealkylation sites (tertiary alicyclic amines) is 1. The molecule has 1 aromatic rings. The van der Waals surface area contributed by atoms with Crippen molar-refractivity contribution in [3.8, 4) is 0 Å². The van der Waals surface area contributed by atoms with Gasteiger partial charge in [0.2, 0.25) is 5.91 Å². The van der Waals surface area contributed by atoms with Gasteiger partial charge in [-0.05, 0) is 31.6 Å². The van der Waals surface area contributed by atoms with Crippen LogP contribution >= 0.6 is 11.3 Å². The third kappa shape index (κ3) is 4.52. The number of aliphatic carboxylic acids is 1. The highest BCUT2D eigenvalue weighted by molar-refractivity contribution is 7.09. The number of aromatic nitrogens is 1. The molecule has 5 nitrogen and oxygen atoms in total. The lowest BCUT2D eigenvalue weighted by Crippen LogP contribution is -2.42. The summed E-state index contributed by atoms with van der Waals surface area (Å²) in [5.41, 5.74) is 0.836. The zero-order valence-corrected chi connectivity index (χ0v) is 13.4. The molecule has 21 heavy (non-hydrogen) atoms. The molecule has 2 rings (SSSR count). The standard InChI is InChI=1S/C15H22N2O3S/c1-10(6-15(19)20)12-4-3-5-17(8-12)14(18)7-13-9-21-11(2)16-13/h9-10,12H,3-8H2,1-2H3,(H,19,20). The highest BCUT2D eigenvalue weighted by atomic mass is 32.1. The third-order valence-electron chi connectivity index (χ3n) is 4.11. The molecule has 0 spiro atoms. The van der Waals surface area contributed by atoms with Crippen molar-refractivity contribution in [3.05, 3.63) is 16.1 Å². The number of rotatable bonds is 5. The first-order valence-corrected chi connectivity index (χ1v) is 8.24. The lowest BCUT2D eigenvalue weighted by molar-refractivity contribution is -0.138. The Hall–Kier alpha value is -1.43. The maximum absolute atomic E-state index is 12.3. The van der Waals surface area contributed by atoms with Gasteiger partial charge in [0.15, 0.2) is 0 Å². The number of carboxylic acid groups (broad SMARTS) is 1. The first kappa shape index (κ1) is 15.9. The summed E-state index contributed by atoms with van der Waals surface area (Å²) in [6, 6.07) is 0. The van der Waals surface area contributed by atoms with Gasteiger partial charge in [-0.15, -0.1) is 11.3 Å². The Kier molecular flexibility index (Phi) is 5.33. The summed E-state index contributed by atoms with van der Waals surface area (Å²) in [5, 5.41) is 11.8. The molecule has 2 heterocycles. The Morgan fingerprint density at radius 1 is 1.57 bits per heavy atom. The lowest BCUT2D eigenvalue weighted by Gasteiger charge is -2.35. The molecular formula is C15H22N2O3S. The molecule has 1 N–H and O–H groups in total. The minimum atomic E-state index is -0.760. The second kappa shape index (κ2) is 7.02. The second-order valence-corrected chi connectivity index (χ2v) is 6.91. The van der Waals surface area contributed by atoms with Crippen molar-refractivity contribution >= 4 is 23.2 Å². The van der Waals surface area contributed by atoms with Gasteiger partial charge < -0.3 is 10.0 Å². The maximum atomic E-state index is 12.3. The van der Waals surface area contributed by atoms with E-state index in [0.29, 0.717) is 13.0 Å². The Bertz CT molecular complexity index is 515. The van der Waals surface area contributed by atoms with E-state index in [1.807, 2.05) is 24.1 Å². The van der Waals surface area contributed by atoms with Crippen LogP contribution in [0.4, 0.5) is 0 Å². The van der Waals surface area contributed by atoms with Crippen LogP contribution in [0.25, 0.3) is 0 Å². The van der Waals surface area contributed by atoms with Crippen LogP contribution in [0.5, 0.6) is 0 Å². The SMILES string of the molecule is Cc1nc(CC(=O)N2CCCC(C(C)CC(=O)O)C2)cs1. The van der Waals surface area contributed by atoms with Crippen molar-refractivity contribution in [3.63, 3.8) is 0 Å². The van der Waals surface area contributed by atoms with Crippen molar-refractivity contribution in [2.75, 3.05) is 13.1 Å². The Balaban J connectivity index is 1.90. The Morgan fingerprint density at radius 2 is 2.33 bits per heavy atom. The molecule has 0 saturated carbocycles. The number of piperidine rings is 1. The number of thiazole rings is 1. The summed E-state index contributed by atoms with van der Waals surface area (Å²) < 4.78 is 0. The number of hydrogen-bond acceptors (Lipinski definition) is 4. The zero-order chi connectivity index (χ0) is 15.4. The average Bonchev–Trinajstić information content (AvgIpc) is 2.83. The number of amides is 1. The van der Waals surface area contributed by atoms with E-state index in [9.17, 15) is 9.59 Å². The molecule has 1 saturated heterocycles. The van der Waals surface area contributed by atoms with Gasteiger partial charge in [-0.25, -0.2) is 4.98 Å². The molecule has 1 fully saturated rings. The Morgan fingerprint density at radius 3 is 2.95 bits per heavy atom. The largest absolute Gasteiger partial charge is 0.481 e. The fourth-order valence-corrected chi connectivity index (χ4v) is 3.51. The van der Waals surface area contributed by atoms with Crippen LogP contribution in [0.15, 0.2) is 5.38 Å². The van der Waals surface area contributed by atoms with Crippen LogP contribution in [0, 0.1) is 18.8 Å². The molecule has 1 aliphatic heterocycles. The molecule has 1 aromatic heterocycles. The van der Waals surface area contributed by atoms with E-state index in [1.54, 1.807) is 11.3 Å². The molecule has 2 atom stereocenters. The summed E-state index contributed by atoms with van der Waals surface area (Å²) >= 11 is 1.56.